The van der Waals surface area contributed by atoms with Crippen LogP contribution in [0.25, 0.3) is 11.0 Å². The molecule has 3 heteroatoms. The van der Waals surface area contributed by atoms with Crippen molar-refractivity contribution in [2.45, 2.75) is 46.1 Å². The molecule has 0 saturated heterocycles. The summed E-state index contributed by atoms with van der Waals surface area (Å²) in [7, 11) is 0. The molecular formula is C16H23N3. The summed E-state index contributed by atoms with van der Waals surface area (Å²) < 4.78 is 2.28. The highest BCUT2D eigenvalue weighted by Gasteiger charge is 2.30. The van der Waals surface area contributed by atoms with Crippen LogP contribution in [0.15, 0.2) is 18.2 Å². The Balaban J connectivity index is 2.13. The van der Waals surface area contributed by atoms with Crippen molar-refractivity contribution < 1.29 is 0 Å². The number of nitrogens with zero attached hydrogens (tertiary/aromatic N) is 2. The first-order chi connectivity index (χ1) is 9.08. The van der Waals surface area contributed by atoms with Gasteiger partial charge in [-0.1, -0.05) is 32.8 Å². The van der Waals surface area contributed by atoms with Gasteiger partial charge in [0.05, 0.1) is 11.0 Å². The molecule has 3 nitrogen and oxygen atoms in total. The Morgan fingerprint density at radius 3 is 2.84 bits per heavy atom. The number of aryl methyl sites for hydroxylation is 1. The fraction of sp³-hybridized carbons (Fsp3) is 0.562. The van der Waals surface area contributed by atoms with Crippen LogP contribution in [-0.4, -0.2) is 9.55 Å². The van der Waals surface area contributed by atoms with Crippen molar-refractivity contribution in [1.82, 2.24) is 9.55 Å². The van der Waals surface area contributed by atoms with Crippen molar-refractivity contribution in [3.05, 3.63) is 23.8 Å². The molecule has 0 amide bonds. The molecule has 3 rings (SSSR count). The quantitative estimate of drug-likeness (QED) is 0.841. The number of hydrogen-bond acceptors (Lipinski definition) is 2. The van der Waals surface area contributed by atoms with Gasteiger partial charge in [0.1, 0.15) is 0 Å². The zero-order valence-electron chi connectivity index (χ0n) is 12.1. The van der Waals surface area contributed by atoms with Gasteiger partial charge in [-0.2, -0.15) is 0 Å². The number of benzene rings is 1. The average Bonchev–Trinajstić information content (AvgIpc) is 2.69. The van der Waals surface area contributed by atoms with Crippen molar-refractivity contribution >= 4 is 17.0 Å². The predicted octanol–water partition coefficient (Wildman–Crippen LogP) is 3.92. The summed E-state index contributed by atoms with van der Waals surface area (Å²) >= 11 is 0. The van der Waals surface area contributed by atoms with Crippen LogP contribution in [0.3, 0.4) is 0 Å². The van der Waals surface area contributed by atoms with Crippen molar-refractivity contribution in [1.29, 1.82) is 0 Å². The van der Waals surface area contributed by atoms with Gasteiger partial charge in [0.15, 0.2) is 0 Å². The highest BCUT2D eigenvalue weighted by atomic mass is 15.2. The molecule has 19 heavy (non-hydrogen) atoms. The summed E-state index contributed by atoms with van der Waals surface area (Å²) in [6.07, 6.45) is 3.85. The van der Waals surface area contributed by atoms with E-state index in [0.29, 0.717) is 17.9 Å². The van der Waals surface area contributed by atoms with E-state index in [1.54, 1.807) is 0 Å². The molecule has 0 radical (unpaired) electrons. The van der Waals surface area contributed by atoms with Crippen LogP contribution < -0.4 is 5.73 Å². The molecule has 0 aliphatic heterocycles. The Morgan fingerprint density at radius 2 is 2.05 bits per heavy atom. The summed E-state index contributed by atoms with van der Waals surface area (Å²) in [5, 5.41) is 0. The van der Waals surface area contributed by atoms with Crippen molar-refractivity contribution in [2.24, 2.45) is 11.8 Å². The third kappa shape index (κ3) is 2.01. The molecule has 3 atom stereocenters. The Bertz CT molecular complexity index is 599. The number of nitrogen functional groups attached to an aromatic ring is 1. The number of imidazole rings is 1. The van der Waals surface area contributed by atoms with Crippen LogP contribution in [-0.2, 0) is 0 Å². The summed E-state index contributed by atoms with van der Waals surface area (Å²) in [5.41, 5.74) is 9.68. The second kappa shape index (κ2) is 4.55. The van der Waals surface area contributed by atoms with Crippen LogP contribution in [0.1, 0.15) is 44.7 Å². The van der Waals surface area contributed by atoms with Crippen molar-refractivity contribution in [3.63, 3.8) is 0 Å². The first-order valence-corrected chi connectivity index (χ1v) is 7.32. The minimum atomic E-state index is 0.496. The van der Waals surface area contributed by atoms with Gasteiger partial charge < -0.3 is 10.3 Å². The van der Waals surface area contributed by atoms with Gasteiger partial charge >= 0.3 is 0 Å². The molecule has 2 N–H and O–H groups in total. The van der Waals surface area contributed by atoms with Crippen LogP contribution in [0.2, 0.25) is 0 Å². The van der Waals surface area contributed by atoms with Gasteiger partial charge in [0.25, 0.3) is 0 Å². The third-order valence-corrected chi connectivity index (χ3v) is 4.87. The van der Waals surface area contributed by atoms with Gasteiger partial charge in [-0.3, -0.25) is 0 Å². The Morgan fingerprint density at radius 1 is 1.26 bits per heavy atom. The van der Waals surface area contributed by atoms with Crippen LogP contribution in [0.5, 0.6) is 0 Å². The molecule has 2 aromatic rings. The monoisotopic (exact) mass is 257 g/mol. The topological polar surface area (TPSA) is 43.8 Å². The highest BCUT2D eigenvalue weighted by molar-refractivity contribution is 5.79. The standard InChI is InChI=1S/C16H23N3/c1-10-7-8-13-15(9-10)19(16(17)18-13)14-6-4-5-11(2)12(14)3/h7-9,11-12,14H,4-6H2,1-3H3,(H2,17,18). The van der Waals surface area contributed by atoms with Crippen LogP contribution in [0.4, 0.5) is 5.95 Å². The predicted molar refractivity (Wildman–Crippen MR) is 80.1 cm³/mol. The Hall–Kier alpha value is -1.51. The summed E-state index contributed by atoms with van der Waals surface area (Å²) in [6, 6.07) is 6.89. The van der Waals surface area contributed by atoms with E-state index < -0.39 is 0 Å². The summed E-state index contributed by atoms with van der Waals surface area (Å²) in [5.74, 6) is 2.10. The van der Waals surface area contributed by atoms with Gasteiger partial charge in [-0.05, 0) is 42.9 Å². The first-order valence-electron chi connectivity index (χ1n) is 7.32. The highest BCUT2D eigenvalue weighted by Crippen LogP contribution is 2.40. The maximum Gasteiger partial charge on any atom is 0.201 e. The number of nitrogens with two attached hydrogens (primary N) is 1. The van der Waals surface area contributed by atoms with E-state index in [4.69, 9.17) is 5.73 Å². The van der Waals surface area contributed by atoms with Crippen LogP contribution >= 0.6 is 0 Å². The van der Waals surface area contributed by atoms with E-state index in [0.717, 1.165) is 11.4 Å². The Kier molecular flexibility index (Phi) is 3.00. The number of aromatic nitrogens is 2. The summed E-state index contributed by atoms with van der Waals surface area (Å²) in [4.78, 5) is 4.53. The fourth-order valence-corrected chi connectivity index (χ4v) is 3.49. The number of hydrogen-bond donors (Lipinski definition) is 1. The van der Waals surface area contributed by atoms with E-state index >= 15 is 0 Å². The lowest BCUT2D eigenvalue weighted by Crippen LogP contribution is -2.27. The molecule has 0 spiro atoms. The van der Waals surface area contributed by atoms with E-state index in [1.807, 2.05) is 0 Å². The molecule has 1 aliphatic carbocycles. The van der Waals surface area contributed by atoms with Gasteiger partial charge in [-0.25, -0.2) is 4.98 Å². The van der Waals surface area contributed by atoms with Crippen molar-refractivity contribution in [3.8, 4) is 0 Å². The lowest BCUT2D eigenvalue weighted by molar-refractivity contribution is 0.191. The fourth-order valence-electron chi connectivity index (χ4n) is 3.49. The Labute approximate surface area is 114 Å². The smallest absolute Gasteiger partial charge is 0.201 e. The molecule has 1 aromatic heterocycles. The maximum absolute atomic E-state index is 6.19. The molecule has 1 aromatic carbocycles. The molecule has 3 unspecified atom stereocenters. The van der Waals surface area contributed by atoms with E-state index in [-0.39, 0.29) is 0 Å². The molecule has 1 fully saturated rings. The van der Waals surface area contributed by atoms with E-state index in [2.05, 4.69) is 48.5 Å². The van der Waals surface area contributed by atoms with E-state index in [9.17, 15) is 0 Å². The third-order valence-electron chi connectivity index (χ3n) is 4.87. The zero-order chi connectivity index (χ0) is 13.6. The minimum absolute atomic E-state index is 0.496. The largest absolute Gasteiger partial charge is 0.369 e. The second-order valence-corrected chi connectivity index (χ2v) is 6.17. The van der Waals surface area contributed by atoms with Crippen molar-refractivity contribution in [2.75, 3.05) is 5.73 Å². The molecule has 0 bridgehead atoms. The molecular weight excluding hydrogens is 234 g/mol. The van der Waals surface area contributed by atoms with Gasteiger partial charge in [0.2, 0.25) is 5.95 Å². The molecule has 102 valence electrons. The second-order valence-electron chi connectivity index (χ2n) is 6.17. The van der Waals surface area contributed by atoms with Gasteiger partial charge in [-0.15, -0.1) is 0 Å². The lowest BCUT2D eigenvalue weighted by atomic mass is 9.78. The molecule has 1 heterocycles. The van der Waals surface area contributed by atoms with E-state index in [1.165, 1.54) is 30.3 Å². The maximum atomic E-state index is 6.19. The van der Waals surface area contributed by atoms with Gasteiger partial charge in [0, 0.05) is 6.04 Å². The number of rotatable bonds is 1. The minimum Gasteiger partial charge on any atom is -0.369 e. The molecule has 1 aliphatic rings. The SMILES string of the molecule is Cc1ccc2nc(N)n(C3CCCC(C)C3C)c2c1. The lowest BCUT2D eigenvalue weighted by Gasteiger charge is -2.35. The van der Waals surface area contributed by atoms with Crippen LogP contribution in [0, 0.1) is 18.8 Å². The average molecular weight is 257 g/mol. The molecule has 1 saturated carbocycles. The summed E-state index contributed by atoms with van der Waals surface area (Å²) in [6.45, 7) is 6.84. The zero-order valence-corrected chi connectivity index (χ0v) is 12.1. The normalized spacial score (nSPS) is 27.8. The number of fused-ring (bicyclic) bond motifs is 1. The number of anilines is 1. The first kappa shape index (κ1) is 12.5.